The van der Waals surface area contributed by atoms with Crippen molar-refractivity contribution < 1.29 is 0 Å². The van der Waals surface area contributed by atoms with Crippen molar-refractivity contribution in [1.82, 2.24) is 10.2 Å². The van der Waals surface area contributed by atoms with E-state index in [1.807, 2.05) is 0 Å². The number of benzene rings is 1. The fourth-order valence-corrected chi connectivity index (χ4v) is 2.44. The molecular formula is C13H18N2S. The van der Waals surface area contributed by atoms with Crippen LogP contribution in [0.3, 0.4) is 0 Å². The predicted molar refractivity (Wildman–Crippen MR) is 71.4 cm³/mol. The molecular weight excluding hydrogens is 216 g/mol. The second-order valence-electron chi connectivity index (χ2n) is 4.13. The van der Waals surface area contributed by atoms with Gasteiger partial charge < -0.3 is 10.2 Å². The zero-order valence-electron chi connectivity index (χ0n) is 9.70. The van der Waals surface area contributed by atoms with Gasteiger partial charge in [0.2, 0.25) is 0 Å². The molecule has 0 unspecified atom stereocenters. The molecule has 0 spiro atoms. The van der Waals surface area contributed by atoms with Crippen molar-refractivity contribution in [1.29, 1.82) is 0 Å². The minimum Gasteiger partial charge on any atom is -0.363 e. The van der Waals surface area contributed by atoms with Crippen LogP contribution < -0.4 is 5.32 Å². The van der Waals surface area contributed by atoms with E-state index in [1.165, 1.54) is 24.0 Å². The second kappa shape index (κ2) is 5.30. The van der Waals surface area contributed by atoms with Crippen molar-refractivity contribution in [2.45, 2.75) is 26.3 Å². The summed E-state index contributed by atoms with van der Waals surface area (Å²) in [5.41, 5.74) is 2.89. The number of fused-ring (bicyclic) bond motifs is 1. The third-order valence-corrected chi connectivity index (χ3v) is 3.37. The first kappa shape index (κ1) is 11.4. The van der Waals surface area contributed by atoms with Crippen molar-refractivity contribution in [3.8, 4) is 0 Å². The highest BCUT2D eigenvalue weighted by Gasteiger charge is 2.15. The van der Waals surface area contributed by atoms with Gasteiger partial charge in [0.05, 0.1) is 0 Å². The van der Waals surface area contributed by atoms with Gasteiger partial charge in [-0.1, -0.05) is 24.3 Å². The summed E-state index contributed by atoms with van der Waals surface area (Å²) in [6.45, 7) is 4.98. The second-order valence-corrected chi connectivity index (χ2v) is 4.52. The molecule has 0 aliphatic carbocycles. The first-order chi connectivity index (χ1) is 7.81. The lowest BCUT2D eigenvalue weighted by molar-refractivity contribution is 0.411. The highest BCUT2D eigenvalue weighted by atomic mass is 32.1. The molecule has 0 saturated carbocycles. The molecule has 1 aromatic rings. The Hall–Kier alpha value is -1.09. The lowest BCUT2D eigenvalue weighted by Crippen LogP contribution is -2.39. The number of hydrogen-bond donors (Lipinski definition) is 1. The Morgan fingerprint density at radius 1 is 1.38 bits per heavy atom. The van der Waals surface area contributed by atoms with Gasteiger partial charge >= 0.3 is 0 Å². The standard InChI is InChI=1S/C13H18N2S/c1-2-14-13(16)15-9-5-8-11-6-3-4-7-12(11)10-15/h3-4,6-7H,2,5,8-10H2,1H3,(H,14,16). The number of thiocarbonyl (C=S) groups is 1. The Morgan fingerprint density at radius 3 is 2.88 bits per heavy atom. The van der Waals surface area contributed by atoms with Gasteiger partial charge in [-0.15, -0.1) is 0 Å². The van der Waals surface area contributed by atoms with Gasteiger partial charge in [-0.25, -0.2) is 0 Å². The summed E-state index contributed by atoms with van der Waals surface area (Å²) in [4.78, 5) is 2.27. The molecule has 2 rings (SSSR count). The maximum Gasteiger partial charge on any atom is 0.169 e. The highest BCUT2D eigenvalue weighted by molar-refractivity contribution is 7.80. The summed E-state index contributed by atoms with van der Waals surface area (Å²) in [6.07, 6.45) is 2.35. The molecule has 0 atom stereocenters. The molecule has 0 radical (unpaired) electrons. The van der Waals surface area contributed by atoms with Crippen molar-refractivity contribution in [2.24, 2.45) is 0 Å². The summed E-state index contributed by atoms with van der Waals surface area (Å²) in [5.74, 6) is 0. The first-order valence-corrected chi connectivity index (χ1v) is 6.31. The fourth-order valence-electron chi connectivity index (χ4n) is 2.14. The Morgan fingerprint density at radius 2 is 2.12 bits per heavy atom. The van der Waals surface area contributed by atoms with E-state index in [1.54, 1.807) is 0 Å². The van der Waals surface area contributed by atoms with Crippen LogP contribution in [0.25, 0.3) is 0 Å². The maximum absolute atomic E-state index is 5.38. The van der Waals surface area contributed by atoms with Gasteiger partial charge in [0.25, 0.3) is 0 Å². The summed E-state index contributed by atoms with van der Waals surface area (Å²) < 4.78 is 0. The Balaban J connectivity index is 2.13. The molecule has 1 aromatic carbocycles. The fraction of sp³-hybridized carbons (Fsp3) is 0.462. The normalized spacial score (nSPS) is 15.2. The van der Waals surface area contributed by atoms with E-state index in [4.69, 9.17) is 12.2 Å². The van der Waals surface area contributed by atoms with E-state index in [0.717, 1.165) is 24.7 Å². The number of rotatable bonds is 1. The molecule has 1 N–H and O–H groups in total. The molecule has 86 valence electrons. The van der Waals surface area contributed by atoms with Gasteiger partial charge in [-0.05, 0) is 43.1 Å². The lowest BCUT2D eigenvalue weighted by atomic mass is 10.0. The molecule has 0 fully saturated rings. The van der Waals surface area contributed by atoms with Gasteiger partial charge in [0.1, 0.15) is 0 Å². The third-order valence-electron chi connectivity index (χ3n) is 2.97. The lowest BCUT2D eigenvalue weighted by Gasteiger charge is -2.23. The predicted octanol–water partition coefficient (Wildman–Crippen LogP) is 2.33. The average Bonchev–Trinajstić information content (AvgIpc) is 2.51. The summed E-state index contributed by atoms with van der Waals surface area (Å²) in [5, 5.41) is 4.12. The molecule has 0 bridgehead atoms. The van der Waals surface area contributed by atoms with Crippen LogP contribution in [0.15, 0.2) is 24.3 Å². The quantitative estimate of drug-likeness (QED) is 0.751. The van der Waals surface area contributed by atoms with Gasteiger partial charge in [0.15, 0.2) is 5.11 Å². The molecule has 3 heteroatoms. The minimum absolute atomic E-state index is 0.888. The smallest absolute Gasteiger partial charge is 0.169 e. The maximum atomic E-state index is 5.38. The first-order valence-electron chi connectivity index (χ1n) is 5.91. The number of aryl methyl sites for hydroxylation is 1. The van der Waals surface area contributed by atoms with Crippen LogP contribution in [0, 0.1) is 0 Å². The van der Waals surface area contributed by atoms with E-state index >= 15 is 0 Å². The summed E-state index contributed by atoms with van der Waals surface area (Å²) in [6, 6.07) is 8.67. The number of nitrogens with one attached hydrogen (secondary N) is 1. The van der Waals surface area contributed by atoms with Crippen molar-refractivity contribution >= 4 is 17.3 Å². The number of nitrogens with zero attached hydrogens (tertiary/aromatic N) is 1. The SMILES string of the molecule is CCNC(=S)N1CCCc2ccccc2C1. The highest BCUT2D eigenvalue weighted by Crippen LogP contribution is 2.18. The topological polar surface area (TPSA) is 15.3 Å². The van der Waals surface area contributed by atoms with E-state index in [0.29, 0.717) is 0 Å². The van der Waals surface area contributed by atoms with Crippen LogP contribution in [0.5, 0.6) is 0 Å². The zero-order valence-corrected chi connectivity index (χ0v) is 10.5. The van der Waals surface area contributed by atoms with Crippen LogP contribution in [0.1, 0.15) is 24.5 Å². The van der Waals surface area contributed by atoms with Crippen LogP contribution >= 0.6 is 12.2 Å². The Bertz CT molecular complexity index is 376. The summed E-state index contributed by atoms with van der Waals surface area (Å²) >= 11 is 5.38. The molecule has 1 aliphatic rings. The summed E-state index contributed by atoms with van der Waals surface area (Å²) in [7, 11) is 0. The molecule has 0 aromatic heterocycles. The number of hydrogen-bond acceptors (Lipinski definition) is 1. The van der Waals surface area contributed by atoms with Gasteiger partial charge in [-0.2, -0.15) is 0 Å². The van der Waals surface area contributed by atoms with E-state index in [9.17, 15) is 0 Å². The molecule has 0 amide bonds. The largest absolute Gasteiger partial charge is 0.363 e. The van der Waals surface area contributed by atoms with Crippen LogP contribution in [0.2, 0.25) is 0 Å². The van der Waals surface area contributed by atoms with Crippen molar-refractivity contribution in [2.75, 3.05) is 13.1 Å². The van der Waals surface area contributed by atoms with Gasteiger partial charge in [-0.3, -0.25) is 0 Å². The molecule has 1 heterocycles. The van der Waals surface area contributed by atoms with E-state index in [-0.39, 0.29) is 0 Å². The van der Waals surface area contributed by atoms with Crippen LogP contribution in [-0.4, -0.2) is 23.1 Å². The molecule has 2 nitrogen and oxygen atoms in total. The molecule has 1 aliphatic heterocycles. The third kappa shape index (κ3) is 2.53. The van der Waals surface area contributed by atoms with Crippen molar-refractivity contribution in [3.05, 3.63) is 35.4 Å². The van der Waals surface area contributed by atoms with E-state index < -0.39 is 0 Å². The van der Waals surface area contributed by atoms with E-state index in [2.05, 4.69) is 41.4 Å². The van der Waals surface area contributed by atoms with Crippen molar-refractivity contribution in [3.63, 3.8) is 0 Å². The Kier molecular flexibility index (Phi) is 3.78. The molecule has 16 heavy (non-hydrogen) atoms. The molecule has 0 saturated heterocycles. The van der Waals surface area contributed by atoms with Crippen LogP contribution in [0.4, 0.5) is 0 Å². The zero-order chi connectivity index (χ0) is 11.4. The Labute approximate surface area is 103 Å². The average molecular weight is 234 g/mol. The van der Waals surface area contributed by atoms with Crippen LogP contribution in [-0.2, 0) is 13.0 Å². The minimum atomic E-state index is 0.888. The van der Waals surface area contributed by atoms with Gasteiger partial charge in [0, 0.05) is 19.6 Å². The monoisotopic (exact) mass is 234 g/mol.